The molecule has 1 fully saturated rings. The van der Waals surface area contributed by atoms with Gasteiger partial charge in [0.15, 0.2) is 0 Å². The fourth-order valence-electron chi connectivity index (χ4n) is 2.13. The van der Waals surface area contributed by atoms with Crippen LogP contribution < -0.4 is 9.80 Å². The maximum atomic E-state index is 12.5. The van der Waals surface area contributed by atoms with Crippen LogP contribution in [0.4, 0.5) is 16.2 Å². The third kappa shape index (κ3) is 2.34. The van der Waals surface area contributed by atoms with Crippen molar-refractivity contribution in [2.45, 2.75) is 0 Å². The predicted molar refractivity (Wildman–Crippen MR) is 83.3 cm³/mol. The highest BCUT2D eigenvalue weighted by atomic mass is 35.5. The molecule has 7 heteroatoms. The number of rotatable bonds is 2. The zero-order valence-electron chi connectivity index (χ0n) is 11.0. The molecule has 22 heavy (non-hydrogen) atoms. The Balaban J connectivity index is 2.02. The molecule has 0 aliphatic carbocycles. The topological polar surface area (TPSA) is 57.7 Å². The van der Waals surface area contributed by atoms with Crippen molar-refractivity contribution in [1.82, 2.24) is 0 Å². The van der Waals surface area contributed by atoms with Crippen molar-refractivity contribution < 1.29 is 14.4 Å². The van der Waals surface area contributed by atoms with E-state index in [1.54, 1.807) is 12.1 Å². The minimum absolute atomic E-state index is 0.243. The summed E-state index contributed by atoms with van der Waals surface area (Å²) in [5.41, 5.74) is 0.518. The van der Waals surface area contributed by atoms with E-state index in [0.29, 0.717) is 10.0 Å². The number of nitrogens with zero attached hydrogens (tertiary/aromatic N) is 2. The summed E-state index contributed by atoms with van der Waals surface area (Å²) < 4.78 is 0. The van der Waals surface area contributed by atoms with E-state index in [2.05, 4.69) is 0 Å². The number of hydrogen-bond donors (Lipinski definition) is 0. The van der Waals surface area contributed by atoms with E-state index in [1.165, 1.54) is 36.4 Å². The number of carbonyl (C=O) groups excluding carboxylic acids is 3. The SMILES string of the molecule is O=C1C(=O)N(c2cccc(Cl)c2)C(=O)N1c1ccc(Cl)cc1. The van der Waals surface area contributed by atoms with Crippen molar-refractivity contribution in [2.24, 2.45) is 0 Å². The number of hydrogen-bond acceptors (Lipinski definition) is 3. The second-order valence-electron chi connectivity index (χ2n) is 4.52. The van der Waals surface area contributed by atoms with Gasteiger partial charge in [0.05, 0.1) is 11.4 Å². The first-order chi connectivity index (χ1) is 10.5. The summed E-state index contributed by atoms with van der Waals surface area (Å²) in [6.45, 7) is 0. The summed E-state index contributed by atoms with van der Waals surface area (Å²) in [5.74, 6) is -1.85. The Kier molecular flexibility index (Phi) is 3.60. The van der Waals surface area contributed by atoms with Crippen LogP contribution in [0.15, 0.2) is 48.5 Å². The molecule has 1 aliphatic rings. The molecule has 110 valence electrons. The number of amides is 4. The molecule has 5 nitrogen and oxygen atoms in total. The Labute approximate surface area is 135 Å². The lowest BCUT2D eigenvalue weighted by Gasteiger charge is -2.15. The van der Waals surface area contributed by atoms with Crippen LogP contribution in [-0.2, 0) is 9.59 Å². The molecule has 2 aromatic rings. The van der Waals surface area contributed by atoms with E-state index >= 15 is 0 Å². The van der Waals surface area contributed by atoms with Gasteiger partial charge in [-0.1, -0.05) is 29.3 Å². The molecule has 0 radical (unpaired) electrons. The molecule has 0 spiro atoms. The van der Waals surface area contributed by atoms with Crippen molar-refractivity contribution in [2.75, 3.05) is 9.80 Å². The van der Waals surface area contributed by atoms with Crippen LogP contribution in [0.1, 0.15) is 0 Å². The van der Waals surface area contributed by atoms with E-state index in [9.17, 15) is 14.4 Å². The summed E-state index contributed by atoms with van der Waals surface area (Å²) in [6, 6.07) is 11.5. The molecule has 0 saturated carbocycles. The summed E-state index contributed by atoms with van der Waals surface area (Å²) in [6.07, 6.45) is 0. The first-order valence-corrected chi connectivity index (χ1v) is 6.98. The van der Waals surface area contributed by atoms with Crippen molar-refractivity contribution in [1.29, 1.82) is 0 Å². The van der Waals surface area contributed by atoms with Crippen LogP contribution >= 0.6 is 23.2 Å². The summed E-state index contributed by atoms with van der Waals surface area (Å²) in [4.78, 5) is 38.3. The lowest BCUT2D eigenvalue weighted by Crippen LogP contribution is -2.33. The van der Waals surface area contributed by atoms with Crippen LogP contribution in [0.5, 0.6) is 0 Å². The Morgan fingerprint density at radius 2 is 1.27 bits per heavy atom. The van der Waals surface area contributed by atoms with Gasteiger partial charge in [-0.25, -0.2) is 14.6 Å². The fourth-order valence-corrected chi connectivity index (χ4v) is 2.44. The van der Waals surface area contributed by atoms with E-state index < -0.39 is 17.8 Å². The van der Waals surface area contributed by atoms with Crippen LogP contribution in [0.3, 0.4) is 0 Å². The van der Waals surface area contributed by atoms with Gasteiger partial charge in [0, 0.05) is 10.0 Å². The molecule has 1 saturated heterocycles. The van der Waals surface area contributed by atoms with E-state index in [0.717, 1.165) is 9.80 Å². The Morgan fingerprint density at radius 1 is 0.682 bits per heavy atom. The number of benzene rings is 2. The van der Waals surface area contributed by atoms with Crippen LogP contribution in [-0.4, -0.2) is 17.8 Å². The Morgan fingerprint density at radius 3 is 1.86 bits per heavy atom. The molecule has 0 aromatic heterocycles. The van der Waals surface area contributed by atoms with Gasteiger partial charge < -0.3 is 0 Å². The molecule has 0 unspecified atom stereocenters. The number of carbonyl (C=O) groups is 3. The van der Waals surface area contributed by atoms with E-state index in [-0.39, 0.29) is 11.4 Å². The number of imide groups is 2. The van der Waals surface area contributed by atoms with Crippen molar-refractivity contribution in [3.63, 3.8) is 0 Å². The summed E-state index contributed by atoms with van der Waals surface area (Å²) in [7, 11) is 0. The highest BCUT2D eigenvalue weighted by molar-refractivity contribution is 6.60. The predicted octanol–water partition coefficient (Wildman–Crippen LogP) is 3.49. The maximum absolute atomic E-state index is 12.5. The molecule has 0 N–H and O–H groups in total. The van der Waals surface area contributed by atoms with Crippen LogP contribution in [0.25, 0.3) is 0 Å². The van der Waals surface area contributed by atoms with Crippen molar-refractivity contribution >= 4 is 52.4 Å². The molecular weight excluding hydrogens is 327 g/mol. The van der Waals surface area contributed by atoms with Gasteiger partial charge in [0.2, 0.25) is 0 Å². The standard InChI is InChI=1S/C15H8Cl2N2O3/c16-9-4-6-11(7-5-9)18-13(20)14(21)19(15(18)22)12-3-1-2-10(17)8-12/h1-8H. The van der Waals surface area contributed by atoms with Gasteiger partial charge in [-0.3, -0.25) is 9.59 Å². The van der Waals surface area contributed by atoms with Gasteiger partial charge in [-0.15, -0.1) is 0 Å². The Bertz CT molecular complexity index is 790. The zero-order chi connectivity index (χ0) is 15.9. The summed E-state index contributed by atoms with van der Waals surface area (Å²) in [5, 5.41) is 0.816. The van der Waals surface area contributed by atoms with Crippen molar-refractivity contribution in [3.05, 3.63) is 58.6 Å². The number of anilines is 2. The first-order valence-electron chi connectivity index (χ1n) is 6.22. The lowest BCUT2D eigenvalue weighted by atomic mass is 10.3. The molecular formula is C15H8Cl2N2O3. The van der Waals surface area contributed by atoms with E-state index in [4.69, 9.17) is 23.2 Å². The third-order valence-electron chi connectivity index (χ3n) is 3.12. The average Bonchev–Trinajstić information content (AvgIpc) is 2.71. The highest BCUT2D eigenvalue weighted by Gasteiger charge is 2.46. The van der Waals surface area contributed by atoms with Gasteiger partial charge in [-0.05, 0) is 42.5 Å². The normalized spacial score (nSPS) is 14.9. The highest BCUT2D eigenvalue weighted by Crippen LogP contribution is 2.28. The van der Waals surface area contributed by atoms with Gasteiger partial charge >= 0.3 is 17.8 Å². The quantitative estimate of drug-likeness (QED) is 0.623. The second-order valence-corrected chi connectivity index (χ2v) is 5.39. The third-order valence-corrected chi connectivity index (χ3v) is 3.61. The van der Waals surface area contributed by atoms with Crippen LogP contribution in [0, 0.1) is 0 Å². The second kappa shape index (κ2) is 5.44. The maximum Gasteiger partial charge on any atom is 0.343 e. The molecule has 1 heterocycles. The molecule has 1 aliphatic heterocycles. The van der Waals surface area contributed by atoms with Crippen LogP contribution in [0.2, 0.25) is 10.0 Å². The van der Waals surface area contributed by atoms with Gasteiger partial charge in [0.1, 0.15) is 0 Å². The minimum Gasteiger partial charge on any atom is -0.262 e. The number of halogens is 2. The monoisotopic (exact) mass is 334 g/mol. The largest absolute Gasteiger partial charge is 0.343 e. The molecule has 2 aromatic carbocycles. The van der Waals surface area contributed by atoms with Crippen molar-refractivity contribution in [3.8, 4) is 0 Å². The lowest BCUT2D eigenvalue weighted by molar-refractivity contribution is -0.133. The minimum atomic E-state index is -0.929. The molecule has 0 atom stereocenters. The molecule has 4 amide bonds. The molecule has 3 rings (SSSR count). The summed E-state index contributed by atoms with van der Waals surface area (Å²) >= 11 is 11.6. The fraction of sp³-hybridized carbons (Fsp3) is 0. The average molecular weight is 335 g/mol. The van der Waals surface area contributed by atoms with E-state index in [1.807, 2.05) is 0 Å². The smallest absolute Gasteiger partial charge is 0.262 e. The number of urea groups is 1. The Hall–Kier alpha value is -2.37. The van der Waals surface area contributed by atoms with Gasteiger partial charge in [-0.2, -0.15) is 0 Å². The zero-order valence-corrected chi connectivity index (χ0v) is 12.5. The first kappa shape index (κ1) is 14.6. The van der Waals surface area contributed by atoms with Gasteiger partial charge in [0.25, 0.3) is 0 Å². The molecule has 0 bridgehead atoms.